The quantitative estimate of drug-likeness (QED) is 0.820. The molecule has 2 aromatic heterocycles. The van der Waals surface area contributed by atoms with Gasteiger partial charge in [-0.25, -0.2) is 5.10 Å². The molecule has 92 valence electrons. The number of hydrogen-bond donors (Lipinski definition) is 1. The zero-order chi connectivity index (χ0) is 12.8. The number of fused-ring (bicyclic) bond motifs is 1. The molecule has 0 aliphatic heterocycles. The van der Waals surface area contributed by atoms with Crippen LogP contribution in [0.25, 0.3) is 10.9 Å². The Kier molecular flexibility index (Phi) is 2.56. The van der Waals surface area contributed by atoms with E-state index < -0.39 is 0 Å². The van der Waals surface area contributed by atoms with Crippen molar-refractivity contribution in [3.63, 3.8) is 0 Å². The molecule has 0 aliphatic carbocycles. The van der Waals surface area contributed by atoms with Gasteiger partial charge in [0.2, 0.25) is 0 Å². The van der Waals surface area contributed by atoms with Gasteiger partial charge in [-0.05, 0) is 26.7 Å². The summed E-state index contributed by atoms with van der Waals surface area (Å²) in [5.74, 6) is 0.256. The molecule has 2 rings (SSSR count). The zero-order valence-corrected chi connectivity index (χ0v) is 10.9. The highest BCUT2D eigenvalue weighted by atomic mass is 16.1. The molecule has 0 aliphatic rings. The summed E-state index contributed by atoms with van der Waals surface area (Å²) in [6.45, 7) is 10.2. The maximum absolute atomic E-state index is 11.9. The van der Waals surface area contributed by atoms with Crippen molar-refractivity contribution >= 4 is 10.9 Å². The van der Waals surface area contributed by atoms with E-state index in [-0.39, 0.29) is 17.0 Å². The van der Waals surface area contributed by atoms with Crippen molar-refractivity contribution < 1.29 is 0 Å². The van der Waals surface area contributed by atoms with Crippen LogP contribution in [0.4, 0.5) is 0 Å². The Bertz CT molecular complexity index is 601. The van der Waals surface area contributed by atoms with E-state index in [0.717, 1.165) is 11.1 Å². The second-order valence-corrected chi connectivity index (χ2v) is 5.58. The number of H-pyrrole nitrogens is 1. The topological polar surface area (TPSA) is 63.6 Å². The van der Waals surface area contributed by atoms with Gasteiger partial charge in [-0.15, -0.1) is 0 Å². The molecule has 0 amide bonds. The summed E-state index contributed by atoms with van der Waals surface area (Å²) in [7, 11) is 0. The van der Waals surface area contributed by atoms with E-state index in [1.807, 2.05) is 20.8 Å². The van der Waals surface area contributed by atoms with Gasteiger partial charge in [-0.3, -0.25) is 9.48 Å². The van der Waals surface area contributed by atoms with Crippen LogP contribution in [0.3, 0.4) is 0 Å². The van der Waals surface area contributed by atoms with E-state index >= 15 is 0 Å². The van der Waals surface area contributed by atoms with Gasteiger partial charge in [0.15, 0.2) is 0 Å². The molecule has 0 bridgehead atoms. The van der Waals surface area contributed by atoms with E-state index in [4.69, 9.17) is 0 Å². The monoisotopic (exact) mass is 234 g/mol. The van der Waals surface area contributed by atoms with Gasteiger partial charge in [-0.2, -0.15) is 10.2 Å². The third-order valence-electron chi connectivity index (χ3n) is 2.72. The van der Waals surface area contributed by atoms with E-state index in [2.05, 4.69) is 29.1 Å². The Morgan fingerprint density at radius 1 is 1.35 bits per heavy atom. The first-order valence-electron chi connectivity index (χ1n) is 5.79. The van der Waals surface area contributed by atoms with Crippen molar-refractivity contribution in [3.05, 3.63) is 22.2 Å². The zero-order valence-electron chi connectivity index (χ0n) is 10.9. The van der Waals surface area contributed by atoms with E-state index in [1.165, 1.54) is 0 Å². The molecule has 1 N–H and O–H groups in total. The van der Waals surface area contributed by atoms with Crippen LogP contribution in [-0.4, -0.2) is 20.0 Å². The maximum atomic E-state index is 11.9. The summed E-state index contributed by atoms with van der Waals surface area (Å²) in [5, 5.41) is 11.8. The normalized spacial score (nSPS) is 12.6. The van der Waals surface area contributed by atoms with Crippen LogP contribution in [-0.2, 0) is 5.54 Å². The predicted octanol–water partition coefficient (Wildman–Crippen LogP) is 2.00. The average molecular weight is 234 g/mol. The molecule has 0 saturated heterocycles. The molecule has 5 heteroatoms. The average Bonchev–Trinajstić information content (AvgIpc) is 2.61. The highest BCUT2D eigenvalue weighted by Crippen LogP contribution is 2.23. The summed E-state index contributed by atoms with van der Waals surface area (Å²) < 4.78 is 1.76. The Labute approximate surface area is 99.8 Å². The van der Waals surface area contributed by atoms with Crippen molar-refractivity contribution in [1.29, 1.82) is 0 Å². The number of aromatic nitrogens is 4. The number of rotatable bonds is 1. The minimum absolute atomic E-state index is 0.183. The molecule has 2 heterocycles. The molecule has 0 aromatic carbocycles. The smallest absolute Gasteiger partial charge is 0.266 e. The highest BCUT2D eigenvalue weighted by Gasteiger charge is 2.21. The van der Waals surface area contributed by atoms with Crippen molar-refractivity contribution in [2.45, 2.75) is 46.1 Å². The van der Waals surface area contributed by atoms with Gasteiger partial charge < -0.3 is 0 Å². The van der Waals surface area contributed by atoms with Crippen LogP contribution < -0.4 is 5.56 Å². The molecule has 0 fully saturated rings. The molecule has 0 unspecified atom stereocenters. The van der Waals surface area contributed by atoms with Gasteiger partial charge >= 0.3 is 0 Å². The third kappa shape index (κ3) is 1.85. The summed E-state index contributed by atoms with van der Waals surface area (Å²) in [6, 6.07) is 0. The Morgan fingerprint density at radius 2 is 2.00 bits per heavy atom. The standard InChI is InChI=1S/C12H18N4O/c1-7(2)9-8-6-13-16(12(3,4)5)10(8)11(17)15-14-9/h6-7H,1-5H3,(H,15,17). The molecule has 0 saturated carbocycles. The minimum Gasteiger partial charge on any atom is -0.266 e. The van der Waals surface area contributed by atoms with Gasteiger partial charge in [0, 0.05) is 5.39 Å². The molecule has 2 aromatic rings. The Balaban J connectivity index is 2.86. The summed E-state index contributed by atoms with van der Waals surface area (Å²) >= 11 is 0. The van der Waals surface area contributed by atoms with Crippen LogP contribution in [0, 0.1) is 0 Å². The van der Waals surface area contributed by atoms with E-state index in [1.54, 1.807) is 10.9 Å². The van der Waals surface area contributed by atoms with Crippen molar-refractivity contribution in [2.24, 2.45) is 0 Å². The SMILES string of the molecule is CC(C)c1n[nH]c(=O)c2c1cnn2C(C)(C)C. The first-order valence-corrected chi connectivity index (χ1v) is 5.79. The lowest BCUT2D eigenvalue weighted by molar-refractivity contribution is 0.367. The fraction of sp³-hybridized carbons (Fsp3) is 0.583. The van der Waals surface area contributed by atoms with Gasteiger partial charge in [-0.1, -0.05) is 13.8 Å². The first kappa shape index (κ1) is 11.8. The van der Waals surface area contributed by atoms with Crippen molar-refractivity contribution in [1.82, 2.24) is 20.0 Å². The fourth-order valence-electron chi connectivity index (χ4n) is 1.93. The number of aromatic amines is 1. The van der Waals surface area contributed by atoms with Crippen LogP contribution in [0.15, 0.2) is 11.0 Å². The van der Waals surface area contributed by atoms with E-state index in [0.29, 0.717) is 5.52 Å². The summed E-state index contributed by atoms with van der Waals surface area (Å²) in [6.07, 6.45) is 1.73. The van der Waals surface area contributed by atoms with Gasteiger partial charge in [0.05, 0.1) is 17.4 Å². The Hall–Kier alpha value is -1.65. The van der Waals surface area contributed by atoms with Crippen LogP contribution >= 0.6 is 0 Å². The lowest BCUT2D eigenvalue weighted by Crippen LogP contribution is -2.26. The fourth-order valence-corrected chi connectivity index (χ4v) is 1.93. The van der Waals surface area contributed by atoms with Gasteiger partial charge in [0.1, 0.15) is 5.52 Å². The Morgan fingerprint density at radius 3 is 2.53 bits per heavy atom. The molecule has 0 spiro atoms. The molecule has 0 atom stereocenters. The molecule has 5 nitrogen and oxygen atoms in total. The van der Waals surface area contributed by atoms with Crippen LogP contribution in [0.5, 0.6) is 0 Å². The van der Waals surface area contributed by atoms with E-state index in [9.17, 15) is 4.79 Å². The lowest BCUT2D eigenvalue weighted by atomic mass is 10.1. The first-order chi connectivity index (χ1) is 7.82. The summed E-state index contributed by atoms with van der Waals surface area (Å²) in [5.41, 5.74) is 1.09. The number of nitrogens with zero attached hydrogens (tertiary/aromatic N) is 3. The largest absolute Gasteiger partial charge is 0.290 e. The second-order valence-electron chi connectivity index (χ2n) is 5.58. The van der Waals surface area contributed by atoms with Crippen LogP contribution in [0.2, 0.25) is 0 Å². The second kappa shape index (κ2) is 3.68. The number of nitrogens with one attached hydrogen (secondary N) is 1. The maximum Gasteiger partial charge on any atom is 0.290 e. The predicted molar refractivity (Wildman–Crippen MR) is 67.2 cm³/mol. The minimum atomic E-state index is -0.218. The van der Waals surface area contributed by atoms with Gasteiger partial charge in [0.25, 0.3) is 5.56 Å². The van der Waals surface area contributed by atoms with Crippen molar-refractivity contribution in [2.75, 3.05) is 0 Å². The number of hydrogen-bond acceptors (Lipinski definition) is 3. The third-order valence-corrected chi connectivity index (χ3v) is 2.72. The highest BCUT2D eigenvalue weighted by molar-refractivity contribution is 5.80. The van der Waals surface area contributed by atoms with Crippen LogP contribution in [0.1, 0.15) is 46.2 Å². The molecule has 0 radical (unpaired) electrons. The molecule has 17 heavy (non-hydrogen) atoms. The molecular formula is C12H18N4O. The summed E-state index contributed by atoms with van der Waals surface area (Å²) in [4.78, 5) is 11.9. The van der Waals surface area contributed by atoms with Crippen molar-refractivity contribution in [3.8, 4) is 0 Å². The lowest BCUT2D eigenvalue weighted by Gasteiger charge is -2.20. The molecular weight excluding hydrogens is 216 g/mol.